The van der Waals surface area contributed by atoms with Crippen LogP contribution in [0.5, 0.6) is 0 Å². The Bertz CT molecular complexity index is 285. The molecule has 0 fully saturated rings. The number of hydrogen-bond acceptors (Lipinski definition) is 2. The highest BCUT2D eigenvalue weighted by atomic mass is 16.5. The van der Waals surface area contributed by atoms with Crippen LogP contribution in [0.15, 0.2) is 30.3 Å². The number of benzene rings is 1. The van der Waals surface area contributed by atoms with Crippen molar-refractivity contribution in [2.75, 3.05) is 6.61 Å². The third kappa shape index (κ3) is 3.94. The summed E-state index contributed by atoms with van der Waals surface area (Å²) in [6.45, 7) is 2.40. The first kappa shape index (κ1) is 10.6. The van der Waals surface area contributed by atoms with E-state index in [1.54, 1.807) is 0 Å². The van der Waals surface area contributed by atoms with Crippen LogP contribution >= 0.6 is 0 Å². The first-order valence-corrected chi connectivity index (χ1v) is 4.64. The Kier molecular flexibility index (Phi) is 3.98. The Morgan fingerprint density at radius 1 is 1.43 bits per heavy atom. The first-order chi connectivity index (χ1) is 6.68. The molecule has 0 aliphatic rings. The molecule has 0 saturated heterocycles. The van der Waals surface area contributed by atoms with Gasteiger partial charge in [0.25, 0.3) is 0 Å². The highest BCUT2D eigenvalue weighted by molar-refractivity contribution is 5.64. The van der Waals surface area contributed by atoms with Gasteiger partial charge in [-0.15, -0.1) is 0 Å². The SMILES string of the molecule is CC(COC(N)=O)Cc1ccccc1. The average Bonchev–Trinajstić information content (AvgIpc) is 2.16. The maximum atomic E-state index is 10.4. The van der Waals surface area contributed by atoms with Crippen molar-refractivity contribution in [2.45, 2.75) is 13.3 Å². The molecule has 1 aromatic rings. The van der Waals surface area contributed by atoms with Gasteiger partial charge < -0.3 is 10.5 Å². The molecule has 0 aromatic heterocycles. The summed E-state index contributed by atoms with van der Waals surface area (Å²) in [4.78, 5) is 10.4. The molecule has 2 N–H and O–H groups in total. The summed E-state index contributed by atoms with van der Waals surface area (Å²) in [5.41, 5.74) is 6.12. The second-order valence-corrected chi connectivity index (χ2v) is 3.42. The van der Waals surface area contributed by atoms with Crippen molar-refractivity contribution >= 4 is 6.09 Å². The largest absolute Gasteiger partial charge is 0.449 e. The molecule has 76 valence electrons. The number of primary amides is 1. The molecule has 0 aliphatic carbocycles. The van der Waals surface area contributed by atoms with E-state index in [0.29, 0.717) is 12.5 Å². The molecule has 0 radical (unpaired) electrons. The molecule has 0 heterocycles. The third-order valence-electron chi connectivity index (χ3n) is 1.94. The van der Waals surface area contributed by atoms with Crippen molar-refractivity contribution in [3.05, 3.63) is 35.9 Å². The van der Waals surface area contributed by atoms with E-state index in [9.17, 15) is 4.79 Å². The van der Waals surface area contributed by atoms with Gasteiger partial charge in [-0.2, -0.15) is 0 Å². The summed E-state index contributed by atoms with van der Waals surface area (Å²) in [7, 11) is 0. The predicted octanol–water partition coefficient (Wildman–Crippen LogP) is 1.96. The van der Waals surface area contributed by atoms with Crippen LogP contribution < -0.4 is 5.73 Å². The van der Waals surface area contributed by atoms with Crippen molar-refractivity contribution < 1.29 is 9.53 Å². The monoisotopic (exact) mass is 193 g/mol. The number of carbonyl (C=O) groups is 1. The molecule has 1 unspecified atom stereocenters. The molecule has 3 heteroatoms. The second-order valence-electron chi connectivity index (χ2n) is 3.42. The highest BCUT2D eigenvalue weighted by Crippen LogP contribution is 2.08. The molecule has 1 amide bonds. The molecular formula is C11H15NO2. The van der Waals surface area contributed by atoms with Crippen molar-refractivity contribution in [1.82, 2.24) is 0 Å². The Morgan fingerprint density at radius 2 is 2.07 bits per heavy atom. The summed E-state index contributed by atoms with van der Waals surface area (Å²) < 4.78 is 4.71. The summed E-state index contributed by atoms with van der Waals surface area (Å²) in [6, 6.07) is 10.1. The quantitative estimate of drug-likeness (QED) is 0.794. The van der Waals surface area contributed by atoms with E-state index in [-0.39, 0.29) is 0 Å². The van der Waals surface area contributed by atoms with Gasteiger partial charge in [0.15, 0.2) is 0 Å². The average molecular weight is 193 g/mol. The number of amides is 1. The normalized spacial score (nSPS) is 12.1. The van der Waals surface area contributed by atoms with E-state index in [0.717, 1.165) is 6.42 Å². The maximum absolute atomic E-state index is 10.4. The molecule has 0 spiro atoms. The van der Waals surface area contributed by atoms with Crippen molar-refractivity contribution in [1.29, 1.82) is 0 Å². The van der Waals surface area contributed by atoms with Crippen LogP contribution in [0.3, 0.4) is 0 Å². The fourth-order valence-electron chi connectivity index (χ4n) is 1.30. The minimum absolute atomic E-state index is 0.296. The second kappa shape index (κ2) is 5.27. The molecule has 0 saturated carbocycles. The van der Waals surface area contributed by atoms with Crippen molar-refractivity contribution in [2.24, 2.45) is 11.7 Å². The van der Waals surface area contributed by atoms with Crippen LogP contribution in [-0.4, -0.2) is 12.7 Å². The van der Waals surface area contributed by atoms with Crippen LogP contribution in [0.2, 0.25) is 0 Å². The van der Waals surface area contributed by atoms with E-state index in [4.69, 9.17) is 10.5 Å². The van der Waals surface area contributed by atoms with E-state index in [1.165, 1.54) is 5.56 Å². The molecule has 1 atom stereocenters. The van der Waals surface area contributed by atoms with Gasteiger partial charge in [-0.1, -0.05) is 37.3 Å². The van der Waals surface area contributed by atoms with Gasteiger partial charge in [-0.05, 0) is 17.9 Å². The summed E-state index contributed by atoms with van der Waals surface area (Å²) >= 11 is 0. The van der Waals surface area contributed by atoms with E-state index in [1.807, 2.05) is 25.1 Å². The lowest BCUT2D eigenvalue weighted by Crippen LogP contribution is -2.18. The third-order valence-corrected chi connectivity index (χ3v) is 1.94. The molecule has 0 aliphatic heterocycles. The number of ether oxygens (including phenoxy) is 1. The van der Waals surface area contributed by atoms with Crippen LogP contribution in [0, 0.1) is 5.92 Å². The minimum Gasteiger partial charge on any atom is -0.449 e. The van der Waals surface area contributed by atoms with Crippen LogP contribution in [0.25, 0.3) is 0 Å². The van der Waals surface area contributed by atoms with Crippen LogP contribution in [0.4, 0.5) is 4.79 Å². The minimum atomic E-state index is -0.704. The molecule has 1 aromatic carbocycles. The van der Waals surface area contributed by atoms with Crippen molar-refractivity contribution in [3.63, 3.8) is 0 Å². The van der Waals surface area contributed by atoms with Gasteiger partial charge in [0.2, 0.25) is 0 Å². The van der Waals surface area contributed by atoms with E-state index >= 15 is 0 Å². The fourth-order valence-corrected chi connectivity index (χ4v) is 1.30. The lowest BCUT2D eigenvalue weighted by molar-refractivity contribution is 0.139. The Hall–Kier alpha value is -1.51. The summed E-state index contributed by atoms with van der Waals surface area (Å²) in [5.74, 6) is 0.296. The zero-order chi connectivity index (χ0) is 10.4. The van der Waals surface area contributed by atoms with Gasteiger partial charge in [-0.25, -0.2) is 4.79 Å². The number of nitrogens with two attached hydrogens (primary N) is 1. The van der Waals surface area contributed by atoms with Crippen LogP contribution in [-0.2, 0) is 11.2 Å². The zero-order valence-electron chi connectivity index (χ0n) is 8.27. The maximum Gasteiger partial charge on any atom is 0.404 e. The lowest BCUT2D eigenvalue weighted by Gasteiger charge is -2.10. The molecular weight excluding hydrogens is 178 g/mol. The lowest BCUT2D eigenvalue weighted by atomic mass is 10.0. The Morgan fingerprint density at radius 3 is 2.64 bits per heavy atom. The zero-order valence-corrected chi connectivity index (χ0v) is 8.27. The Labute approximate surface area is 83.9 Å². The molecule has 3 nitrogen and oxygen atoms in total. The van der Waals surface area contributed by atoms with E-state index < -0.39 is 6.09 Å². The Balaban J connectivity index is 2.34. The molecule has 1 rings (SSSR count). The predicted molar refractivity (Wildman–Crippen MR) is 54.8 cm³/mol. The smallest absolute Gasteiger partial charge is 0.404 e. The van der Waals surface area contributed by atoms with Gasteiger partial charge in [0.1, 0.15) is 0 Å². The number of carbonyl (C=O) groups excluding carboxylic acids is 1. The highest BCUT2D eigenvalue weighted by Gasteiger charge is 2.05. The van der Waals surface area contributed by atoms with Crippen molar-refractivity contribution in [3.8, 4) is 0 Å². The van der Waals surface area contributed by atoms with Gasteiger partial charge in [-0.3, -0.25) is 0 Å². The molecule has 0 bridgehead atoms. The fraction of sp³-hybridized carbons (Fsp3) is 0.364. The topological polar surface area (TPSA) is 52.3 Å². The van der Waals surface area contributed by atoms with Gasteiger partial charge >= 0.3 is 6.09 Å². The number of rotatable bonds is 4. The first-order valence-electron chi connectivity index (χ1n) is 4.64. The summed E-state index contributed by atoms with van der Waals surface area (Å²) in [6.07, 6.45) is 0.193. The summed E-state index contributed by atoms with van der Waals surface area (Å²) in [5, 5.41) is 0. The van der Waals surface area contributed by atoms with E-state index in [2.05, 4.69) is 12.1 Å². The van der Waals surface area contributed by atoms with Gasteiger partial charge in [0.05, 0.1) is 6.61 Å². The van der Waals surface area contributed by atoms with Crippen LogP contribution in [0.1, 0.15) is 12.5 Å². The standard InChI is InChI=1S/C11H15NO2/c1-9(8-14-11(12)13)7-10-5-3-2-4-6-10/h2-6,9H,7-8H2,1H3,(H2,12,13). The number of hydrogen-bond donors (Lipinski definition) is 1. The van der Waals surface area contributed by atoms with Gasteiger partial charge in [0, 0.05) is 0 Å². The molecule has 14 heavy (non-hydrogen) atoms.